The summed E-state index contributed by atoms with van der Waals surface area (Å²) in [5.74, 6) is 0.334. The Bertz CT molecular complexity index is 1120. The molecule has 0 saturated carbocycles. The molecule has 0 bridgehead atoms. The Morgan fingerprint density at radius 1 is 1.09 bits per heavy atom. The molecule has 3 aromatic rings. The van der Waals surface area contributed by atoms with Gasteiger partial charge in [0.05, 0.1) is 16.2 Å². The third-order valence-electron chi connectivity index (χ3n) is 4.72. The summed E-state index contributed by atoms with van der Waals surface area (Å²) in [4.78, 5) is 26.4. The van der Waals surface area contributed by atoms with Crippen LogP contribution in [0.2, 0.25) is 0 Å². The highest BCUT2D eigenvalue weighted by molar-refractivity contribution is 5.76. The van der Waals surface area contributed by atoms with Gasteiger partial charge < -0.3 is 15.4 Å². The Kier molecular flexibility index (Phi) is 8.01. The van der Waals surface area contributed by atoms with Crippen LogP contribution in [-0.4, -0.2) is 22.4 Å². The van der Waals surface area contributed by atoms with Crippen LogP contribution in [0.1, 0.15) is 23.2 Å². The number of hydrogen-bond donors (Lipinski definition) is 2. The van der Waals surface area contributed by atoms with Crippen molar-refractivity contribution < 1.29 is 27.6 Å². The molecule has 178 valence electrons. The molecule has 2 aromatic carbocycles. The highest BCUT2D eigenvalue weighted by atomic mass is 19.4. The number of carbonyl (C=O) groups excluding carboxylic acids is 1. The molecular weight excluding hydrogens is 453 g/mol. The van der Waals surface area contributed by atoms with Gasteiger partial charge in [-0.1, -0.05) is 18.2 Å². The van der Waals surface area contributed by atoms with Gasteiger partial charge in [-0.15, -0.1) is 0 Å². The second-order valence-corrected chi connectivity index (χ2v) is 7.19. The Hall–Kier alpha value is -4.15. The van der Waals surface area contributed by atoms with Gasteiger partial charge in [0.1, 0.15) is 18.0 Å². The van der Waals surface area contributed by atoms with Gasteiger partial charge in [-0.2, -0.15) is 13.2 Å². The fourth-order valence-electron chi connectivity index (χ4n) is 2.95. The Morgan fingerprint density at radius 3 is 2.50 bits per heavy atom. The predicted octanol–water partition coefficient (Wildman–Crippen LogP) is 4.71. The number of amides is 1. The van der Waals surface area contributed by atoms with E-state index < -0.39 is 22.4 Å². The largest absolute Gasteiger partial charge is 0.487 e. The summed E-state index contributed by atoms with van der Waals surface area (Å²) >= 11 is 0. The highest BCUT2D eigenvalue weighted by Gasteiger charge is 2.33. The Labute approximate surface area is 192 Å². The lowest BCUT2D eigenvalue weighted by atomic mass is 10.1. The maximum absolute atomic E-state index is 12.8. The number of carbonyl (C=O) groups is 1. The van der Waals surface area contributed by atoms with E-state index in [0.717, 1.165) is 23.4 Å². The maximum Gasteiger partial charge on any atom is 0.416 e. The first kappa shape index (κ1) is 24.5. The number of nitrogens with zero attached hydrogens (tertiary/aromatic N) is 2. The molecule has 0 saturated heterocycles. The number of benzene rings is 2. The fraction of sp³-hybridized carbons (Fsp3) is 0.217. The third kappa shape index (κ3) is 7.19. The molecule has 0 unspecified atom stereocenters. The molecular formula is C23H21F3N4O4. The number of pyridine rings is 1. The average molecular weight is 474 g/mol. The van der Waals surface area contributed by atoms with Crippen LogP contribution < -0.4 is 15.4 Å². The number of hydrogen-bond acceptors (Lipinski definition) is 6. The monoisotopic (exact) mass is 474 g/mol. The SMILES string of the molecule is O=C(CCNc1ccc(C(F)(F)F)cc1[N+](=O)[O-])NCc1ccc(OCc2ccccn2)cc1. The van der Waals surface area contributed by atoms with E-state index in [1.54, 1.807) is 30.5 Å². The molecule has 0 spiro atoms. The molecule has 0 fully saturated rings. The van der Waals surface area contributed by atoms with Gasteiger partial charge in [-0.25, -0.2) is 0 Å². The quantitative estimate of drug-likeness (QED) is 0.326. The number of nitrogens with one attached hydrogen (secondary N) is 2. The van der Waals surface area contributed by atoms with Crippen LogP contribution >= 0.6 is 0 Å². The van der Waals surface area contributed by atoms with Crippen LogP contribution in [-0.2, 0) is 24.1 Å². The zero-order valence-electron chi connectivity index (χ0n) is 17.8. The highest BCUT2D eigenvalue weighted by Crippen LogP contribution is 2.34. The van der Waals surface area contributed by atoms with Gasteiger partial charge in [0.15, 0.2) is 0 Å². The average Bonchev–Trinajstić information content (AvgIpc) is 2.82. The zero-order valence-corrected chi connectivity index (χ0v) is 17.8. The molecule has 0 aliphatic heterocycles. The minimum absolute atomic E-state index is 0.0122. The molecule has 3 rings (SSSR count). The number of alkyl halides is 3. The van der Waals surface area contributed by atoms with Crippen molar-refractivity contribution in [2.75, 3.05) is 11.9 Å². The van der Waals surface area contributed by atoms with Crippen LogP contribution in [0.5, 0.6) is 5.75 Å². The lowest BCUT2D eigenvalue weighted by Gasteiger charge is -2.11. The van der Waals surface area contributed by atoms with Crippen LogP contribution in [0.3, 0.4) is 0 Å². The smallest absolute Gasteiger partial charge is 0.416 e. The number of nitro groups is 1. The van der Waals surface area contributed by atoms with Gasteiger partial charge in [0.2, 0.25) is 5.91 Å². The van der Waals surface area contributed by atoms with Crippen LogP contribution in [0.15, 0.2) is 66.9 Å². The van der Waals surface area contributed by atoms with Crippen molar-refractivity contribution in [3.8, 4) is 5.75 Å². The molecule has 1 heterocycles. The van der Waals surface area contributed by atoms with E-state index in [-0.39, 0.29) is 31.1 Å². The second kappa shape index (κ2) is 11.1. The van der Waals surface area contributed by atoms with E-state index in [4.69, 9.17) is 4.74 Å². The molecule has 34 heavy (non-hydrogen) atoms. The molecule has 0 atom stereocenters. The van der Waals surface area contributed by atoms with Gasteiger partial charge in [0, 0.05) is 31.8 Å². The zero-order chi connectivity index (χ0) is 24.6. The van der Waals surface area contributed by atoms with Gasteiger partial charge >= 0.3 is 6.18 Å². The topological polar surface area (TPSA) is 106 Å². The van der Waals surface area contributed by atoms with Crippen LogP contribution in [0, 0.1) is 10.1 Å². The lowest BCUT2D eigenvalue weighted by Crippen LogP contribution is -2.25. The third-order valence-corrected chi connectivity index (χ3v) is 4.72. The summed E-state index contributed by atoms with van der Waals surface area (Å²) in [7, 11) is 0. The normalized spacial score (nSPS) is 11.0. The van der Waals surface area contributed by atoms with E-state index in [1.807, 2.05) is 18.2 Å². The van der Waals surface area contributed by atoms with Crippen molar-refractivity contribution in [2.45, 2.75) is 25.7 Å². The number of anilines is 1. The van der Waals surface area contributed by atoms with Gasteiger partial charge in [0.25, 0.3) is 5.69 Å². The van der Waals surface area contributed by atoms with Gasteiger partial charge in [-0.05, 0) is 42.0 Å². The summed E-state index contributed by atoms with van der Waals surface area (Å²) in [5, 5.41) is 16.5. The molecule has 0 aliphatic carbocycles. The van der Waals surface area contributed by atoms with E-state index in [2.05, 4.69) is 15.6 Å². The van der Waals surface area contributed by atoms with E-state index in [9.17, 15) is 28.1 Å². The molecule has 11 heteroatoms. The standard InChI is InChI=1S/C23H21F3N4O4/c24-23(25,26)17-6-9-20(21(13-17)30(32)33)28-12-10-22(31)29-14-16-4-7-19(8-5-16)34-15-18-3-1-2-11-27-18/h1-9,11,13,28H,10,12,14-15H2,(H,29,31). The molecule has 2 N–H and O–H groups in total. The molecule has 1 amide bonds. The number of halogens is 3. The number of nitro benzene ring substituents is 1. The molecule has 8 nitrogen and oxygen atoms in total. The number of ether oxygens (including phenoxy) is 1. The van der Waals surface area contributed by atoms with E-state index in [1.165, 1.54) is 0 Å². The van der Waals surface area contributed by atoms with Gasteiger partial charge in [-0.3, -0.25) is 19.9 Å². The number of rotatable bonds is 10. The maximum atomic E-state index is 12.8. The summed E-state index contributed by atoms with van der Waals surface area (Å²) in [6, 6.07) is 14.9. The minimum Gasteiger partial charge on any atom is -0.487 e. The van der Waals surface area contributed by atoms with Crippen molar-refractivity contribution in [3.05, 3.63) is 93.8 Å². The van der Waals surface area contributed by atoms with Crippen molar-refractivity contribution in [2.24, 2.45) is 0 Å². The number of aromatic nitrogens is 1. The van der Waals surface area contributed by atoms with Crippen molar-refractivity contribution in [1.82, 2.24) is 10.3 Å². The molecule has 0 radical (unpaired) electrons. The van der Waals surface area contributed by atoms with E-state index >= 15 is 0 Å². The first-order chi connectivity index (χ1) is 16.2. The predicted molar refractivity (Wildman–Crippen MR) is 118 cm³/mol. The first-order valence-electron chi connectivity index (χ1n) is 10.2. The van der Waals surface area contributed by atoms with Crippen molar-refractivity contribution in [3.63, 3.8) is 0 Å². The van der Waals surface area contributed by atoms with Crippen LogP contribution in [0.25, 0.3) is 0 Å². The first-order valence-corrected chi connectivity index (χ1v) is 10.2. The van der Waals surface area contributed by atoms with Crippen molar-refractivity contribution >= 4 is 17.3 Å². The summed E-state index contributed by atoms with van der Waals surface area (Å²) in [6.07, 6.45) is -3.03. The van der Waals surface area contributed by atoms with Crippen molar-refractivity contribution in [1.29, 1.82) is 0 Å². The van der Waals surface area contributed by atoms with Crippen LogP contribution in [0.4, 0.5) is 24.5 Å². The minimum atomic E-state index is -4.69. The summed E-state index contributed by atoms with van der Waals surface area (Å²) in [5.41, 5.74) is -0.276. The summed E-state index contributed by atoms with van der Waals surface area (Å²) in [6.45, 7) is 0.610. The lowest BCUT2D eigenvalue weighted by molar-refractivity contribution is -0.384. The summed E-state index contributed by atoms with van der Waals surface area (Å²) < 4.78 is 44.0. The second-order valence-electron chi connectivity index (χ2n) is 7.19. The van der Waals surface area contributed by atoms with E-state index in [0.29, 0.717) is 18.4 Å². The Morgan fingerprint density at radius 2 is 1.85 bits per heavy atom. The Balaban J connectivity index is 1.44. The molecule has 0 aliphatic rings. The fourth-order valence-corrected chi connectivity index (χ4v) is 2.95. The molecule has 1 aromatic heterocycles.